The normalized spacial score (nSPS) is 15.4. The third-order valence-corrected chi connectivity index (χ3v) is 7.02. The molecule has 4 aromatic rings. The van der Waals surface area contributed by atoms with Gasteiger partial charge in [-0.15, -0.1) is 0 Å². The Bertz CT molecular complexity index is 1450. The molecule has 1 aliphatic rings. The number of nitrogens with zero attached hydrogens (tertiary/aromatic N) is 2. The van der Waals surface area contributed by atoms with Gasteiger partial charge in [-0.1, -0.05) is 48.5 Å². The number of rotatable bonds is 11. The molecule has 1 saturated heterocycles. The molecule has 0 spiro atoms. The lowest BCUT2D eigenvalue weighted by Gasteiger charge is -2.18. The van der Waals surface area contributed by atoms with E-state index in [9.17, 15) is 9.59 Å². The molecule has 1 aromatic heterocycles. The van der Waals surface area contributed by atoms with Crippen LogP contribution in [-0.2, 0) is 22.4 Å². The summed E-state index contributed by atoms with van der Waals surface area (Å²) >= 11 is 0. The number of likely N-dealkylation sites (tertiary alicyclic amines) is 1. The Morgan fingerprint density at radius 2 is 1.79 bits per heavy atom. The van der Waals surface area contributed by atoms with Crippen molar-refractivity contribution in [2.45, 2.75) is 25.4 Å². The van der Waals surface area contributed by atoms with Gasteiger partial charge in [-0.2, -0.15) is 0 Å². The standard InChI is InChI=1S/C32H33N3O4/c1-38-15-16-39-32(37)26-8-3-7-25(19-26)31(36)18-23-5-2-6-24(17-23)21-35-14-12-28(22-35)34-30-10-4-9-27-20-33-13-11-29(27)30/h2-11,13,17,19-20,28,34H,12,14-16,18,21-22H2,1H3. The van der Waals surface area contributed by atoms with Crippen molar-refractivity contribution in [3.63, 3.8) is 0 Å². The van der Waals surface area contributed by atoms with Gasteiger partial charge in [-0.25, -0.2) is 4.79 Å². The Kier molecular flexibility index (Phi) is 8.61. The number of aromatic nitrogens is 1. The van der Waals surface area contributed by atoms with E-state index < -0.39 is 5.97 Å². The quantitative estimate of drug-likeness (QED) is 0.165. The number of carbonyl (C=O) groups is 2. The van der Waals surface area contributed by atoms with Crippen molar-refractivity contribution in [1.82, 2.24) is 9.88 Å². The maximum atomic E-state index is 13.0. The summed E-state index contributed by atoms with van der Waals surface area (Å²) < 4.78 is 10.1. The van der Waals surface area contributed by atoms with Crippen LogP contribution in [0.1, 0.15) is 38.3 Å². The Morgan fingerprint density at radius 1 is 0.974 bits per heavy atom. The Labute approximate surface area is 228 Å². The van der Waals surface area contributed by atoms with E-state index >= 15 is 0 Å². The molecule has 1 fully saturated rings. The minimum Gasteiger partial charge on any atom is -0.460 e. The highest BCUT2D eigenvalue weighted by molar-refractivity contribution is 6.00. The van der Waals surface area contributed by atoms with Crippen LogP contribution in [0.4, 0.5) is 5.69 Å². The summed E-state index contributed by atoms with van der Waals surface area (Å²) in [5, 5.41) is 6.06. The summed E-state index contributed by atoms with van der Waals surface area (Å²) in [4.78, 5) is 31.9. The lowest BCUT2D eigenvalue weighted by molar-refractivity contribution is 0.0388. The summed E-state index contributed by atoms with van der Waals surface area (Å²) in [7, 11) is 1.55. The van der Waals surface area contributed by atoms with Gasteiger partial charge in [-0.05, 0) is 41.8 Å². The molecule has 1 atom stereocenters. The molecule has 3 aromatic carbocycles. The van der Waals surface area contributed by atoms with Gasteiger partial charge in [0.2, 0.25) is 0 Å². The van der Waals surface area contributed by atoms with Gasteiger partial charge >= 0.3 is 5.97 Å². The first-order valence-corrected chi connectivity index (χ1v) is 13.3. The molecule has 1 N–H and O–H groups in total. The van der Waals surface area contributed by atoms with E-state index in [4.69, 9.17) is 9.47 Å². The number of hydrogen-bond donors (Lipinski definition) is 1. The summed E-state index contributed by atoms with van der Waals surface area (Å²) in [5.74, 6) is -0.492. The number of esters is 1. The van der Waals surface area contributed by atoms with E-state index in [0.717, 1.165) is 42.7 Å². The van der Waals surface area contributed by atoms with Crippen LogP contribution in [-0.4, -0.2) is 61.1 Å². The van der Waals surface area contributed by atoms with E-state index in [-0.39, 0.29) is 18.8 Å². The van der Waals surface area contributed by atoms with Crippen LogP contribution >= 0.6 is 0 Å². The fraction of sp³-hybridized carbons (Fsp3) is 0.281. The summed E-state index contributed by atoms with van der Waals surface area (Å²) in [5.41, 5.74) is 4.16. The van der Waals surface area contributed by atoms with E-state index in [1.165, 1.54) is 10.9 Å². The van der Waals surface area contributed by atoms with Gasteiger partial charge in [0.15, 0.2) is 5.78 Å². The van der Waals surface area contributed by atoms with Crippen LogP contribution in [0, 0.1) is 0 Å². The van der Waals surface area contributed by atoms with E-state index in [0.29, 0.717) is 23.8 Å². The summed E-state index contributed by atoms with van der Waals surface area (Å²) in [6.07, 6.45) is 5.08. The SMILES string of the molecule is COCCOC(=O)c1cccc(C(=O)Cc2cccc(CN3CCC(Nc4cccc5cnccc45)C3)c2)c1. The largest absolute Gasteiger partial charge is 0.460 e. The molecule has 0 radical (unpaired) electrons. The van der Waals surface area contributed by atoms with E-state index in [1.807, 2.05) is 24.5 Å². The smallest absolute Gasteiger partial charge is 0.338 e. The fourth-order valence-corrected chi connectivity index (χ4v) is 5.07. The predicted octanol–water partition coefficient (Wildman–Crippen LogP) is 5.15. The average molecular weight is 524 g/mol. The van der Waals surface area contributed by atoms with Crippen molar-refractivity contribution >= 4 is 28.2 Å². The van der Waals surface area contributed by atoms with Gasteiger partial charge in [-0.3, -0.25) is 14.7 Å². The molecule has 7 nitrogen and oxygen atoms in total. The first-order chi connectivity index (χ1) is 19.1. The van der Waals surface area contributed by atoms with Crippen molar-refractivity contribution in [3.05, 3.63) is 107 Å². The van der Waals surface area contributed by atoms with Gasteiger partial charge in [0, 0.05) is 73.6 Å². The number of anilines is 1. The Hall–Kier alpha value is -4.07. The molecule has 7 heteroatoms. The summed E-state index contributed by atoms with van der Waals surface area (Å²) in [6, 6.07) is 23.6. The summed E-state index contributed by atoms with van der Waals surface area (Å²) in [6.45, 7) is 3.31. The van der Waals surface area contributed by atoms with Crippen LogP contribution in [0.5, 0.6) is 0 Å². The maximum absolute atomic E-state index is 13.0. The minimum atomic E-state index is -0.459. The molecule has 1 aliphatic heterocycles. The second-order valence-electron chi connectivity index (χ2n) is 9.90. The molecule has 5 rings (SSSR count). The fourth-order valence-electron chi connectivity index (χ4n) is 5.07. The Balaban J connectivity index is 1.17. The van der Waals surface area contributed by atoms with E-state index in [1.54, 1.807) is 31.4 Å². The highest BCUT2D eigenvalue weighted by Gasteiger charge is 2.23. The zero-order valence-electron chi connectivity index (χ0n) is 22.1. The van der Waals surface area contributed by atoms with Gasteiger partial charge in [0.05, 0.1) is 12.2 Å². The molecule has 0 bridgehead atoms. The monoisotopic (exact) mass is 523 g/mol. The zero-order valence-corrected chi connectivity index (χ0v) is 22.1. The molecular weight excluding hydrogens is 490 g/mol. The third kappa shape index (κ3) is 6.88. The molecular formula is C32H33N3O4. The Morgan fingerprint density at radius 3 is 2.69 bits per heavy atom. The lowest BCUT2D eigenvalue weighted by atomic mass is 10.00. The molecule has 2 heterocycles. The molecule has 0 amide bonds. The molecule has 1 unspecified atom stereocenters. The lowest BCUT2D eigenvalue weighted by Crippen LogP contribution is -2.26. The molecule has 200 valence electrons. The van der Waals surface area contributed by atoms with Gasteiger partial charge in [0.25, 0.3) is 0 Å². The van der Waals surface area contributed by atoms with Crippen LogP contribution < -0.4 is 5.32 Å². The van der Waals surface area contributed by atoms with E-state index in [2.05, 4.69) is 51.6 Å². The number of pyridine rings is 1. The number of ketones is 1. The van der Waals surface area contributed by atoms with Crippen LogP contribution in [0.25, 0.3) is 10.8 Å². The van der Waals surface area contributed by atoms with Crippen molar-refractivity contribution in [2.75, 3.05) is 38.7 Å². The van der Waals surface area contributed by atoms with Crippen molar-refractivity contribution in [3.8, 4) is 0 Å². The third-order valence-electron chi connectivity index (χ3n) is 7.02. The van der Waals surface area contributed by atoms with Crippen molar-refractivity contribution in [1.29, 1.82) is 0 Å². The number of Topliss-reactive ketones (excluding diaryl/α,β-unsaturated/α-hetero) is 1. The van der Waals surface area contributed by atoms with Gasteiger partial charge in [0.1, 0.15) is 6.61 Å². The minimum absolute atomic E-state index is 0.0329. The number of nitrogens with one attached hydrogen (secondary N) is 1. The second kappa shape index (κ2) is 12.7. The maximum Gasteiger partial charge on any atom is 0.338 e. The van der Waals surface area contributed by atoms with Crippen LogP contribution in [0.3, 0.4) is 0 Å². The predicted molar refractivity (Wildman–Crippen MR) is 152 cm³/mol. The second-order valence-corrected chi connectivity index (χ2v) is 9.90. The van der Waals surface area contributed by atoms with Gasteiger partial charge < -0.3 is 14.8 Å². The van der Waals surface area contributed by atoms with Crippen LogP contribution in [0.15, 0.2) is 85.2 Å². The first-order valence-electron chi connectivity index (χ1n) is 13.3. The highest BCUT2D eigenvalue weighted by atomic mass is 16.6. The number of hydrogen-bond acceptors (Lipinski definition) is 7. The average Bonchev–Trinajstić information content (AvgIpc) is 3.40. The number of ether oxygens (including phenoxy) is 2. The molecule has 39 heavy (non-hydrogen) atoms. The highest BCUT2D eigenvalue weighted by Crippen LogP contribution is 2.25. The number of carbonyl (C=O) groups excluding carboxylic acids is 2. The van der Waals surface area contributed by atoms with Crippen molar-refractivity contribution < 1.29 is 19.1 Å². The molecule has 0 saturated carbocycles. The van der Waals surface area contributed by atoms with Crippen molar-refractivity contribution in [2.24, 2.45) is 0 Å². The number of fused-ring (bicyclic) bond motifs is 1. The van der Waals surface area contributed by atoms with Crippen LogP contribution in [0.2, 0.25) is 0 Å². The molecule has 0 aliphatic carbocycles. The number of benzene rings is 3. The zero-order chi connectivity index (χ0) is 27.0. The first kappa shape index (κ1) is 26.5. The number of methoxy groups -OCH3 is 1. The topological polar surface area (TPSA) is 80.8 Å².